The molecule has 0 saturated carbocycles. The van der Waals surface area contributed by atoms with Crippen molar-refractivity contribution in [2.24, 2.45) is 0 Å². The third-order valence-electron chi connectivity index (χ3n) is 4.13. The van der Waals surface area contributed by atoms with Gasteiger partial charge < -0.3 is 13.9 Å². The molecule has 0 atom stereocenters. The molecule has 1 aromatic heterocycles. The Hall–Kier alpha value is -3.40. The third kappa shape index (κ3) is 4.21. The quantitative estimate of drug-likeness (QED) is 0.623. The van der Waals surface area contributed by atoms with Crippen LogP contribution in [0.3, 0.4) is 0 Å². The van der Waals surface area contributed by atoms with Crippen molar-refractivity contribution >= 4 is 21.8 Å². The Morgan fingerprint density at radius 1 is 1.10 bits per heavy atom. The van der Waals surface area contributed by atoms with Gasteiger partial charge in [-0.15, -0.1) is 5.10 Å². The maximum absolute atomic E-state index is 12.6. The number of nitrogens with one attached hydrogen (secondary N) is 1. The minimum absolute atomic E-state index is 0.00643. The number of carbonyl (C=O) groups is 1. The number of aromatic nitrogens is 2. The molecule has 0 radical (unpaired) electrons. The largest absolute Gasteiger partial charge is 0.497 e. The Kier molecular flexibility index (Phi) is 5.83. The van der Waals surface area contributed by atoms with Crippen LogP contribution in [-0.2, 0) is 9.84 Å². The average molecular weight is 417 g/mol. The summed E-state index contributed by atoms with van der Waals surface area (Å²) in [6.07, 6.45) is 0. The SMILES string of the molecule is CCS(=O)(=O)c1ccccc1C(=O)Nc1nnc(-c2cc(OC)ccc2OC)o1. The predicted molar refractivity (Wildman–Crippen MR) is 105 cm³/mol. The van der Waals surface area contributed by atoms with E-state index in [1.807, 2.05) is 0 Å². The van der Waals surface area contributed by atoms with Gasteiger partial charge in [-0.3, -0.25) is 10.1 Å². The normalized spacial score (nSPS) is 11.1. The summed E-state index contributed by atoms with van der Waals surface area (Å²) in [5, 5.41) is 10.2. The fourth-order valence-electron chi connectivity index (χ4n) is 2.61. The summed E-state index contributed by atoms with van der Waals surface area (Å²) in [6.45, 7) is 1.51. The van der Waals surface area contributed by atoms with E-state index in [4.69, 9.17) is 13.9 Å². The van der Waals surface area contributed by atoms with Gasteiger partial charge in [-0.25, -0.2) is 8.42 Å². The van der Waals surface area contributed by atoms with E-state index in [9.17, 15) is 13.2 Å². The van der Waals surface area contributed by atoms with Gasteiger partial charge in [-0.1, -0.05) is 24.2 Å². The molecule has 0 aliphatic carbocycles. The summed E-state index contributed by atoms with van der Waals surface area (Å²) < 4.78 is 40.5. The molecule has 0 saturated heterocycles. The molecule has 3 rings (SSSR count). The van der Waals surface area contributed by atoms with Crippen molar-refractivity contribution in [1.82, 2.24) is 10.2 Å². The number of anilines is 1. The number of hydrogen-bond donors (Lipinski definition) is 1. The molecule has 3 aromatic rings. The van der Waals surface area contributed by atoms with Crippen LogP contribution < -0.4 is 14.8 Å². The second kappa shape index (κ2) is 8.31. The van der Waals surface area contributed by atoms with Crippen molar-refractivity contribution in [3.8, 4) is 23.0 Å². The molecule has 29 heavy (non-hydrogen) atoms. The van der Waals surface area contributed by atoms with Crippen LogP contribution >= 0.6 is 0 Å². The molecule has 0 aliphatic rings. The summed E-state index contributed by atoms with van der Waals surface area (Å²) in [4.78, 5) is 12.6. The van der Waals surface area contributed by atoms with Crippen LogP contribution in [0.15, 0.2) is 51.8 Å². The van der Waals surface area contributed by atoms with Gasteiger partial charge in [0.2, 0.25) is 0 Å². The van der Waals surface area contributed by atoms with E-state index in [-0.39, 0.29) is 28.1 Å². The highest BCUT2D eigenvalue weighted by Crippen LogP contribution is 2.33. The average Bonchev–Trinajstić information content (AvgIpc) is 3.21. The fourth-order valence-corrected chi connectivity index (χ4v) is 3.70. The van der Waals surface area contributed by atoms with Crippen LogP contribution in [0.25, 0.3) is 11.5 Å². The van der Waals surface area contributed by atoms with E-state index in [1.165, 1.54) is 33.3 Å². The van der Waals surface area contributed by atoms with Crippen molar-refractivity contribution in [3.05, 3.63) is 48.0 Å². The van der Waals surface area contributed by atoms with Crippen molar-refractivity contribution in [2.75, 3.05) is 25.3 Å². The molecule has 0 spiro atoms. The van der Waals surface area contributed by atoms with Crippen molar-refractivity contribution < 1.29 is 27.1 Å². The molecule has 0 bridgehead atoms. The zero-order valence-electron chi connectivity index (χ0n) is 16.0. The molecular weight excluding hydrogens is 398 g/mol. The smallest absolute Gasteiger partial charge is 0.322 e. The number of rotatable bonds is 7. The number of amides is 1. The lowest BCUT2D eigenvalue weighted by atomic mass is 10.2. The molecular formula is C19H19N3O6S. The van der Waals surface area contributed by atoms with Crippen LogP contribution in [0, 0.1) is 0 Å². The highest BCUT2D eigenvalue weighted by atomic mass is 32.2. The maximum Gasteiger partial charge on any atom is 0.322 e. The number of hydrogen-bond acceptors (Lipinski definition) is 8. The van der Waals surface area contributed by atoms with Crippen molar-refractivity contribution in [1.29, 1.82) is 0 Å². The number of carbonyl (C=O) groups excluding carboxylic acids is 1. The van der Waals surface area contributed by atoms with Gasteiger partial charge in [0.1, 0.15) is 11.5 Å². The first-order valence-corrected chi connectivity index (χ1v) is 10.2. The molecule has 0 unspecified atom stereocenters. The Bertz CT molecular complexity index is 1140. The van der Waals surface area contributed by atoms with Crippen molar-refractivity contribution in [3.63, 3.8) is 0 Å². The Morgan fingerprint density at radius 3 is 2.55 bits per heavy atom. The summed E-state index contributed by atoms with van der Waals surface area (Å²) in [6, 6.07) is 10.8. The second-order valence-electron chi connectivity index (χ2n) is 5.83. The zero-order valence-corrected chi connectivity index (χ0v) is 16.8. The number of nitrogens with zero attached hydrogens (tertiary/aromatic N) is 2. The van der Waals surface area contributed by atoms with Crippen molar-refractivity contribution in [2.45, 2.75) is 11.8 Å². The fraction of sp³-hybridized carbons (Fsp3) is 0.211. The van der Waals surface area contributed by atoms with E-state index in [1.54, 1.807) is 30.3 Å². The van der Waals surface area contributed by atoms with Crippen LogP contribution in [0.1, 0.15) is 17.3 Å². The Morgan fingerprint density at radius 2 is 1.86 bits per heavy atom. The topological polar surface area (TPSA) is 121 Å². The first kappa shape index (κ1) is 20.3. The monoisotopic (exact) mass is 417 g/mol. The van der Waals surface area contributed by atoms with E-state index in [0.717, 1.165) is 0 Å². The van der Waals surface area contributed by atoms with Crippen LogP contribution in [0.5, 0.6) is 11.5 Å². The lowest BCUT2D eigenvalue weighted by molar-refractivity contribution is 0.102. The highest BCUT2D eigenvalue weighted by molar-refractivity contribution is 7.91. The molecule has 2 aromatic carbocycles. The summed E-state index contributed by atoms with van der Waals surface area (Å²) in [5.41, 5.74) is 0.474. The molecule has 1 amide bonds. The molecule has 0 aliphatic heterocycles. The molecule has 0 fully saturated rings. The van der Waals surface area contributed by atoms with Gasteiger partial charge in [-0.2, -0.15) is 0 Å². The summed E-state index contributed by atoms with van der Waals surface area (Å²) >= 11 is 0. The molecule has 1 heterocycles. The van der Waals surface area contributed by atoms with Crippen LogP contribution in [-0.4, -0.2) is 44.5 Å². The Labute approximate surface area is 167 Å². The first-order chi connectivity index (χ1) is 13.9. The number of ether oxygens (including phenoxy) is 2. The van der Waals surface area contributed by atoms with E-state index >= 15 is 0 Å². The third-order valence-corrected chi connectivity index (χ3v) is 5.92. The van der Waals surface area contributed by atoms with E-state index in [0.29, 0.717) is 17.1 Å². The maximum atomic E-state index is 12.6. The standard InChI is InChI=1S/C19H19N3O6S/c1-4-29(24,25)16-8-6-5-7-13(16)17(23)20-19-22-21-18(28-19)14-11-12(26-2)9-10-15(14)27-3/h5-11H,4H2,1-3H3,(H,20,22,23). The zero-order chi connectivity index (χ0) is 21.0. The predicted octanol–water partition coefficient (Wildman–Crippen LogP) is 2.80. The summed E-state index contributed by atoms with van der Waals surface area (Å²) in [5.74, 6) is 0.336. The number of methoxy groups -OCH3 is 2. The molecule has 152 valence electrons. The second-order valence-corrected chi connectivity index (χ2v) is 8.08. The molecule has 9 nitrogen and oxygen atoms in total. The van der Waals surface area contributed by atoms with Gasteiger partial charge in [-0.05, 0) is 30.3 Å². The first-order valence-electron chi connectivity index (χ1n) is 8.58. The van der Waals surface area contributed by atoms with Gasteiger partial charge in [0.15, 0.2) is 9.84 Å². The van der Waals surface area contributed by atoms with Gasteiger partial charge in [0.05, 0.1) is 36.0 Å². The minimum atomic E-state index is -3.58. The lowest BCUT2D eigenvalue weighted by Gasteiger charge is -2.08. The van der Waals surface area contributed by atoms with Crippen LogP contribution in [0.2, 0.25) is 0 Å². The molecule has 1 N–H and O–H groups in total. The van der Waals surface area contributed by atoms with E-state index in [2.05, 4.69) is 15.5 Å². The van der Waals surface area contributed by atoms with Crippen LogP contribution in [0.4, 0.5) is 6.01 Å². The highest BCUT2D eigenvalue weighted by Gasteiger charge is 2.22. The van der Waals surface area contributed by atoms with Gasteiger partial charge in [0.25, 0.3) is 11.8 Å². The van der Waals surface area contributed by atoms with Gasteiger partial charge >= 0.3 is 6.01 Å². The van der Waals surface area contributed by atoms with Gasteiger partial charge in [0, 0.05) is 0 Å². The summed E-state index contributed by atoms with van der Waals surface area (Å²) in [7, 11) is -0.562. The lowest BCUT2D eigenvalue weighted by Crippen LogP contribution is -2.17. The number of sulfone groups is 1. The van der Waals surface area contributed by atoms with E-state index < -0.39 is 15.7 Å². The Balaban J connectivity index is 1.90. The number of benzene rings is 2. The minimum Gasteiger partial charge on any atom is -0.497 e. The molecule has 10 heteroatoms.